The van der Waals surface area contributed by atoms with Crippen LogP contribution < -0.4 is 0 Å². The van der Waals surface area contributed by atoms with Crippen molar-refractivity contribution in [3.8, 4) is 0 Å². The minimum Gasteiger partial charge on any atom is -0.444 e. The second-order valence-corrected chi connectivity index (χ2v) is 4.75. The van der Waals surface area contributed by atoms with Crippen LogP contribution in [0.3, 0.4) is 0 Å². The lowest BCUT2D eigenvalue weighted by Gasteiger charge is -2.30. The van der Waals surface area contributed by atoms with Crippen LogP contribution in [0, 0.1) is 0 Å². The molecule has 106 valence electrons. The Bertz CT molecular complexity index is 354. The van der Waals surface area contributed by atoms with Crippen molar-refractivity contribution in [1.82, 2.24) is 9.80 Å². The van der Waals surface area contributed by atoms with Crippen LogP contribution >= 0.6 is 0 Å². The first-order valence-corrected chi connectivity index (χ1v) is 5.85. The van der Waals surface area contributed by atoms with E-state index in [1.54, 1.807) is 14.1 Å². The summed E-state index contributed by atoms with van der Waals surface area (Å²) in [5.41, 5.74) is -1.73. The quantitative estimate of drug-likeness (QED) is 0.561. The van der Waals surface area contributed by atoms with Crippen LogP contribution in [0.5, 0.6) is 0 Å². The molecule has 0 saturated heterocycles. The summed E-state index contributed by atoms with van der Waals surface area (Å²) in [7, 11) is 11.9. The van der Waals surface area contributed by atoms with Crippen molar-refractivity contribution in [3.63, 3.8) is 0 Å². The highest BCUT2D eigenvalue weighted by molar-refractivity contribution is 6.15. The molecule has 2 atom stereocenters. The van der Waals surface area contributed by atoms with Gasteiger partial charge in [0.2, 0.25) is 5.91 Å². The number of hydrogen-bond acceptors (Lipinski definition) is 4. The topological polar surface area (TPSA) is 70.1 Å². The van der Waals surface area contributed by atoms with Gasteiger partial charge in [0, 0.05) is 28.2 Å². The summed E-state index contributed by atoms with van der Waals surface area (Å²) in [6.07, 6.45) is 1.25. The second-order valence-electron chi connectivity index (χ2n) is 4.75. The van der Waals surface area contributed by atoms with Gasteiger partial charge in [-0.3, -0.25) is 4.79 Å². The predicted molar refractivity (Wildman–Crippen MR) is 72.8 cm³/mol. The van der Waals surface area contributed by atoms with Crippen LogP contribution in [0.2, 0.25) is 0 Å². The highest BCUT2D eigenvalue weighted by atomic mass is 16.6. The SMILES string of the molecule is [B]C(O)(C/C=C/C(=O)N(C)C)C(C)OC(=O)N(C)C. The zero-order valence-electron chi connectivity index (χ0n) is 12.1. The fourth-order valence-electron chi connectivity index (χ4n) is 1.02. The molecule has 0 spiro atoms. The Morgan fingerprint density at radius 1 is 1.32 bits per heavy atom. The lowest BCUT2D eigenvalue weighted by atomic mass is 9.74. The molecule has 0 aromatic rings. The molecule has 0 aromatic carbocycles. The van der Waals surface area contributed by atoms with Crippen LogP contribution in [0.25, 0.3) is 0 Å². The fourth-order valence-corrected chi connectivity index (χ4v) is 1.02. The van der Waals surface area contributed by atoms with Crippen molar-refractivity contribution in [3.05, 3.63) is 12.2 Å². The van der Waals surface area contributed by atoms with Gasteiger partial charge >= 0.3 is 6.09 Å². The maximum Gasteiger partial charge on any atom is 0.409 e. The first kappa shape index (κ1) is 17.5. The van der Waals surface area contributed by atoms with Crippen LogP contribution in [-0.4, -0.2) is 74.5 Å². The Balaban J connectivity index is 4.45. The minimum absolute atomic E-state index is 0.00550. The van der Waals surface area contributed by atoms with Crippen molar-refractivity contribution < 1.29 is 19.4 Å². The van der Waals surface area contributed by atoms with Gasteiger partial charge in [-0.1, -0.05) is 6.08 Å². The zero-order valence-corrected chi connectivity index (χ0v) is 12.1. The Labute approximate surface area is 115 Å². The van der Waals surface area contributed by atoms with Crippen LogP contribution in [0.1, 0.15) is 13.3 Å². The van der Waals surface area contributed by atoms with E-state index in [0.717, 1.165) is 0 Å². The number of ether oxygens (including phenoxy) is 1. The largest absolute Gasteiger partial charge is 0.444 e. The van der Waals surface area contributed by atoms with Crippen LogP contribution in [0.15, 0.2) is 12.2 Å². The summed E-state index contributed by atoms with van der Waals surface area (Å²) in [6, 6.07) is 0. The Morgan fingerprint density at radius 3 is 2.26 bits per heavy atom. The molecule has 0 saturated carbocycles. The van der Waals surface area contributed by atoms with Gasteiger partial charge < -0.3 is 19.6 Å². The smallest absolute Gasteiger partial charge is 0.409 e. The zero-order chi connectivity index (χ0) is 15.2. The number of carbonyl (C=O) groups excluding carboxylic acids is 2. The number of rotatable bonds is 5. The van der Waals surface area contributed by atoms with Crippen molar-refractivity contribution in [2.45, 2.75) is 24.9 Å². The molecule has 2 radical (unpaired) electrons. The molecule has 0 bridgehead atoms. The third-order valence-electron chi connectivity index (χ3n) is 2.49. The Morgan fingerprint density at radius 2 is 1.84 bits per heavy atom. The highest BCUT2D eigenvalue weighted by Crippen LogP contribution is 2.16. The van der Waals surface area contributed by atoms with Gasteiger partial charge in [0.15, 0.2) is 0 Å². The van der Waals surface area contributed by atoms with Crippen molar-refractivity contribution in [1.29, 1.82) is 0 Å². The molecule has 0 aliphatic rings. The molecule has 0 aliphatic heterocycles. The van der Waals surface area contributed by atoms with E-state index in [1.165, 1.54) is 43.0 Å². The van der Waals surface area contributed by atoms with E-state index >= 15 is 0 Å². The number of carbonyl (C=O) groups is 2. The molecule has 7 heteroatoms. The maximum absolute atomic E-state index is 11.3. The summed E-state index contributed by atoms with van der Waals surface area (Å²) in [5.74, 6) is -0.214. The summed E-state index contributed by atoms with van der Waals surface area (Å²) in [6.45, 7) is 1.49. The molecule has 6 nitrogen and oxygen atoms in total. The summed E-state index contributed by atoms with van der Waals surface area (Å²) in [5, 5.41) is 9.97. The first-order chi connectivity index (χ1) is 8.58. The average molecular weight is 268 g/mol. The van der Waals surface area contributed by atoms with Gasteiger partial charge in [-0.25, -0.2) is 4.79 Å². The summed E-state index contributed by atoms with van der Waals surface area (Å²) < 4.78 is 4.96. The van der Waals surface area contributed by atoms with E-state index in [2.05, 4.69) is 0 Å². The standard InChI is InChI=1S/C12H21BN2O4/c1-9(19-11(17)15(4)5)12(13,18)8-6-7-10(16)14(2)3/h6-7,9,18H,8H2,1-5H3/b7-6+. The molecular weight excluding hydrogens is 247 g/mol. The molecule has 0 rings (SSSR count). The number of amides is 2. The molecule has 0 aromatic heterocycles. The average Bonchev–Trinajstić information content (AvgIpc) is 2.27. The van der Waals surface area contributed by atoms with Gasteiger partial charge in [0.25, 0.3) is 0 Å². The Kier molecular flexibility index (Phi) is 6.62. The van der Waals surface area contributed by atoms with E-state index in [4.69, 9.17) is 12.6 Å². The molecule has 2 unspecified atom stereocenters. The van der Waals surface area contributed by atoms with E-state index in [-0.39, 0.29) is 12.3 Å². The van der Waals surface area contributed by atoms with Crippen molar-refractivity contribution in [2.75, 3.05) is 28.2 Å². The molecule has 0 aliphatic carbocycles. The number of hydrogen-bond donors (Lipinski definition) is 1. The number of likely N-dealkylation sites (N-methyl/N-ethyl adjacent to an activating group) is 1. The van der Waals surface area contributed by atoms with Crippen molar-refractivity contribution >= 4 is 19.8 Å². The third-order valence-corrected chi connectivity index (χ3v) is 2.49. The van der Waals surface area contributed by atoms with Gasteiger partial charge in [0.05, 0.1) is 5.50 Å². The van der Waals surface area contributed by atoms with Gasteiger partial charge in [0.1, 0.15) is 14.0 Å². The van der Waals surface area contributed by atoms with Crippen LogP contribution in [0.4, 0.5) is 4.79 Å². The molecule has 2 amide bonds. The van der Waals surface area contributed by atoms with Gasteiger partial charge in [-0.05, 0) is 19.4 Å². The number of aliphatic hydroxyl groups is 1. The predicted octanol–water partition coefficient (Wildman–Crippen LogP) is -0.0353. The number of nitrogens with zero attached hydrogens (tertiary/aromatic N) is 2. The van der Waals surface area contributed by atoms with E-state index in [9.17, 15) is 14.7 Å². The maximum atomic E-state index is 11.3. The van der Waals surface area contributed by atoms with Crippen LogP contribution in [-0.2, 0) is 9.53 Å². The fraction of sp³-hybridized carbons (Fsp3) is 0.667. The molecule has 0 fully saturated rings. The normalized spacial score (nSPS) is 15.7. The summed E-state index contributed by atoms with van der Waals surface area (Å²) >= 11 is 0. The Hall–Kier alpha value is -1.50. The van der Waals surface area contributed by atoms with Crippen molar-refractivity contribution in [2.24, 2.45) is 0 Å². The molecule has 1 N–H and O–H groups in total. The van der Waals surface area contributed by atoms with Gasteiger partial charge in [-0.2, -0.15) is 0 Å². The second kappa shape index (κ2) is 7.18. The lowest BCUT2D eigenvalue weighted by molar-refractivity contribution is -0.123. The molecule has 0 heterocycles. The van der Waals surface area contributed by atoms with Gasteiger partial charge in [-0.15, -0.1) is 0 Å². The molecular formula is C12H21BN2O4. The summed E-state index contributed by atoms with van der Waals surface area (Å²) in [4.78, 5) is 25.2. The highest BCUT2D eigenvalue weighted by Gasteiger charge is 2.30. The van der Waals surface area contributed by atoms with E-state index in [0.29, 0.717) is 0 Å². The van der Waals surface area contributed by atoms with E-state index < -0.39 is 17.7 Å². The monoisotopic (exact) mass is 268 g/mol. The lowest BCUT2D eigenvalue weighted by Crippen LogP contribution is -2.45. The van der Waals surface area contributed by atoms with E-state index in [1.807, 2.05) is 0 Å². The molecule has 19 heavy (non-hydrogen) atoms. The third kappa shape index (κ3) is 6.29. The minimum atomic E-state index is -1.73. The first-order valence-electron chi connectivity index (χ1n) is 5.85.